The topological polar surface area (TPSA) is 228 Å². The molecule has 1 aromatic rings. The van der Waals surface area contributed by atoms with Gasteiger partial charge in [-0.2, -0.15) is 0 Å². The van der Waals surface area contributed by atoms with Crippen molar-refractivity contribution in [1.82, 2.24) is 31.5 Å². The number of imide groups is 1. The maximum absolute atomic E-state index is 12.9. The number of nitrogens with zero attached hydrogens (tertiary/aromatic N) is 1. The second kappa shape index (κ2) is 20.8. The molecule has 7 amide bonds. The fourth-order valence-corrected chi connectivity index (χ4v) is 3.65. The standard InChI is InChI=1S/C30H40N6O11/c1-20(2)23(37)18-46-19-34-25(39)15-32-29(43)22(14-21-6-4-3-5-7-21)35-26(40)17-31-24(38)16-33-30(44)47-13-12-45-11-10-36-27(41)8-9-28(36)42/h3-9,20,22H,10-19H2,1-2H3,(H,31,38)(H,32,43)(H,33,44)(H,34,39)(H,35,40)/t22-/m0/s1. The van der Waals surface area contributed by atoms with E-state index in [4.69, 9.17) is 14.2 Å². The van der Waals surface area contributed by atoms with Gasteiger partial charge in [-0.25, -0.2) is 4.79 Å². The highest BCUT2D eigenvalue weighted by Crippen LogP contribution is 2.04. The molecule has 1 aliphatic heterocycles. The Balaban J connectivity index is 1.67. The Labute approximate surface area is 271 Å². The normalized spacial score (nSPS) is 12.8. The molecule has 0 fully saturated rings. The molecule has 0 saturated carbocycles. The summed E-state index contributed by atoms with van der Waals surface area (Å²) in [6.45, 7) is 1.59. The van der Waals surface area contributed by atoms with Crippen LogP contribution in [0, 0.1) is 5.92 Å². The molecule has 0 radical (unpaired) electrons. The second-order valence-corrected chi connectivity index (χ2v) is 10.3. The number of ether oxygens (including phenoxy) is 3. The van der Waals surface area contributed by atoms with Gasteiger partial charge in [0.25, 0.3) is 11.8 Å². The van der Waals surface area contributed by atoms with E-state index < -0.39 is 67.2 Å². The van der Waals surface area contributed by atoms with Crippen molar-refractivity contribution < 1.29 is 52.6 Å². The van der Waals surface area contributed by atoms with Crippen molar-refractivity contribution in [3.63, 3.8) is 0 Å². The molecule has 0 spiro atoms. The first kappa shape index (κ1) is 38.0. The monoisotopic (exact) mass is 660 g/mol. The van der Waals surface area contributed by atoms with Crippen LogP contribution in [0.25, 0.3) is 0 Å². The molecule has 2 rings (SSSR count). The molecule has 256 valence electrons. The SMILES string of the molecule is CC(C)C(=O)COCNC(=O)CNC(=O)[C@H](Cc1ccccc1)NC(=O)CNC(=O)CNC(=O)OCCOCCN1C(=O)C=CC1=O. The maximum Gasteiger partial charge on any atom is 0.407 e. The van der Waals surface area contributed by atoms with Crippen LogP contribution in [-0.2, 0) is 54.2 Å². The Morgan fingerprint density at radius 2 is 1.38 bits per heavy atom. The van der Waals surface area contributed by atoms with Crippen molar-refractivity contribution >= 4 is 47.3 Å². The zero-order chi connectivity index (χ0) is 34.6. The number of alkyl carbamates (subject to hydrolysis) is 1. The third-order valence-corrected chi connectivity index (χ3v) is 6.28. The van der Waals surface area contributed by atoms with E-state index >= 15 is 0 Å². The van der Waals surface area contributed by atoms with Gasteiger partial charge >= 0.3 is 6.09 Å². The highest BCUT2D eigenvalue weighted by atomic mass is 16.6. The Hall–Kier alpha value is -5.16. The molecule has 47 heavy (non-hydrogen) atoms. The molecule has 1 atom stereocenters. The first-order valence-corrected chi connectivity index (χ1v) is 14.7. The Morgan fingerprint density at radius 1 is 0.745 bits per heavy atom. The molecular formula is C30H40N6O11. The van der Waals surface area contributed by atoms with E-state index in [0.29, 0.717) is 0 Å². The lowest BCUT2D eigenvalue weighted by Crippen LogP contribution is -2.52. The third-order valence-electron chi connectivity index (χ3n) is 6.28. The zero-order valence-corrected chi connectivity index (χ0v) is 26.2. The van der Waals surface area contributed by atoms with Crippen molar-refractivity contribution in [2.75, 3.05) is 59.3 Å². The lowest BCUT2D eigenvalue weighted by atomic mass is 10.1. The molecule has 1 aromatic carbocycles. The summed E-state index contributed by atoms with van der Waals surface area (Å²) < 4.78 is 15.2. The van der Waals surface area contributed by atoms with Gasteiger partial charge in [0.2, 0.25) is 23.6 Å². The number of nitrogens with one attached hydrogen (secondary N) is 5. The van der Waals surface area contributed by atoms with Crippen LogP contribution in [0.4, 0.5) is 4.79 Å². The average molecular weight is 661 g/mol. The summed E-state index contributed by atoms with van der Waals surface area (Å²) in [4.78, 5) is 96.9. The first-order valence-electron chi connectivity index (χ1n) is 14.7. The van der Waals surface area contributed by atoms with E-state index in [1.54, 1.807) is 44.2 Å². The minimum atomic E-state index is -1.09. The van der Waals surface area contributed by atoms with Gasteiger partial charge < -0.3 is 40.8 Å². The summed E-state index contributed by atoms with van der Waals surface area (Å²) in [5.41, 5.74) is 0.729. The van der Waals surface area contributed by atoms with E-state index in [1.165, 1.54) is 0 Å². The molecule has 1 heterocycles. The maximum atomic E-state index is 12.9. The van der Waals surface area contributed by atoms with Gasteiger partial charge in [-0.3, -0.25) is 38.5 Å². The van der Waals surface area contributed by atoms with Crippen molar-refractivity contribution in [2.24, 2.45) is 5.92 Å². The average Bonchev–Trinajstić information content (AvgIpc) is 3.37. The van der Waals surface area contributed by atoms with Gasteiger partial charge in [0.1, 0.15) is 32.5 Å². The van der Waals surface area contributed by atoms with E-state index in [-0.39, 0.29) is 57.8 Å². The summed E-state index contributed by atoms with van der Waals surface area (Å²) in [5.74, 6) is -3.81. The van der Waals surface area contributed by atoms with Crippen molar-refractivity contribution in [3.8, 4) is 0 Å². The number of benzene rings is 1. The van der Waals surface area contributed by atoms with Crippen LogP contribution in [0.1, 0.15) is 19.4 Å². The molecule has 0 bridgehead atoms. The fraction of sp³-hybridized carbons (Fsp3) is 0.467. The highest BCUT2D eigenvalue weighted by molar-refractivity contribution is 6.12. The fourth-order valence-electron chi connectivity index (χ4n) is 3.65. The lowest BCUT2D eigenvalue weighted by molar-refractivity contribution is -0.137. The lowest BCUT2D eigenvalue weighted by Gasteiger charge is -2.19. The van der Waals surface area contributed by atoms with E-state index in [1.807, 2.05) is 0 Å². The Kier molecular flexibility index (Phi) is 16.8. The van der Waals surface area contributed by atoms with Crippen LogP contribution in [0.15, 0.2) is 42.5 Å². The van der Waals surface area contributed by atoms with Crippen molar-refractivity contribution in [3.05, 3.63) is 48.0 Å². The van der Waals surface area contributed by atoms with Gasteiger partial charge in [-0.05, 0) is 5.56 Å². The molecule has 0 aliphatic carbocycles. The largest absolute Gasteiger partial charge is 0.447 e. The number of hydrogen-bond acceptors (Lipinski definition) is 11. The summed E-state index contributed by atoms with van der Waals surface area (Å²) >= 11 is 0. The van der Waals surface area contributed by atoms with Crippen LogP contribution in [-0.4, -0.2) is 118 Å². The van der Waals surface area contributed by atoms with Crippen LogP contribution in [0.2, 0.25) is 0 Å². The number of amides is 7. The third kappa shape index (κ3) is 15.6. The molecule has 0 unspecified atom stereocenters. The van der Waals surface area contributed by atoms with Crippen LogP contribution in [0.5, 0.6) is 0 Å². The zero-order valence-electron chi connectivity index (χ0n) is 26.2. The Bertz CT molecular complexity index is 1280. The molecular weight excluding hydrogens is 620 g/mol. The number of ketones is 1. The summed E-state index contributed by atoms with van der Waals surface area (Å²) in [6, 6.07) is 7.73. The number of carbonyl (C=O) groups excluding carboxylic acids is 8. The van der Waals surface area contributed by atoms with Gasteiger partial charge in [0.15, 0.2) is 5.78 Å². The van der Waals surface area contributed by atoms with E-state index in [9.17, 15) is 38.4 Å². The molecule has 17 heteroatoms. The summed E-state index contributed by atoms with van der Waals surface area (Å²) in [5, 5.41) is 11.9. The van der Waals surface area contributed by atoms with Crippen LogP contribution < -0.4 is 26.6 Å². The quantitative estimate of drug-likeness (QED) is 0.0547. The second-order valence-electron chi connectivity index (χ2n) is 10.3. The minimum Gasteiger partial charge on any atom is -0.447 e. The molecule has 0 aromatic heterocycles. The van der Waals surface area contributed by atoms with Gasteiger partial charge in [-0.1, -0.05) is 44.2 Å². The predicted molar refractivity (Wildman–Crippen MR) is 163 cm³/mol. The number of rotatable bonds is 21. The smallest absolute Gasteiger partial charge is 0.407 e. The van der Waals surface area contributed by atoms with E-state index in [2.05, 4.69) is 26.6 Å². The van der Waals surface area contributed by atoms with Crippen LogP contribution >= 0.6 is 0 Å². The summed E-state index contributed by atoms with van der Waals surface area (Å²) in [6.07, 6.45) is 1.50. The number of carbonyl (C=O) groups is 8. The molecule has 5 N–H and O–H groups in total. The van der Waals surface area contributed by atoms with Gasteiger partial charge in [0, 0.05) is 24.5 Å². The molecule has 0 saturated heterocycles. The van der Waals surface area contributed by atoms with Crippen molar-refractivity contribution in [1.29, 1.82) is 0 Å². The Morgan fingerprint density at radius 3 is 2.06 bits per heavy atom. The minimum absolute atomic E-state index is 0.0130. The predicted octanol–water partition coefficient (Wildman–Crippen LogP) is -2.07. The van der Waals surface area contributed by atoms with Gasteiger partial charge in [-0.15, -0.1) is 0 Å². The van der Waals surface area contributed by atoms with Crippen molar-refractivity contribution in [2.45, 2.75) is 26.3 Å². The molecule has 1 aliphatic rings. The summed E-state index contributed by atoms with van der Waals surface area (Å²) in [7, 11) is 0. The van der Waals surface area contributed by atoms with Crippen LogP contribution in [0.3, 0.4) is 0 Å². The highest BCUT2D eigenvalue weighted by Gasteiger charge is 2.23. The van der Waals surface area contributed by atoms with E-state index in [0.717, 1.165) is 22.6 Å². The number of Topliss-reactive ketones (excluding diaryl/α,β-unsaturated/α-hetero) is 1. The molecule has 17 nitrogen and oxygen atoms in total. The number of hydrogen-bond donors (Lipinski definition) is 5. The first-order chi connectivity index (χ1) is 22.5. The van der Waals surface area contributed by atoms with Gasteiger partial charge in [0.05, 0.1) is 32.8 Å².